The van der Waals surface area contributed by atoms with Crippen LogP contribution in [0.25, 0.3) is 17.1 Å². The molecule has 0 aliphatic carbocycles. The third-order valence-corrected chi connectivity index (χ3v) is 3.57. The molecule has 1 aromatic heterocycles. The summed E-state index contributed by atoms with van der Waals surface area (Å²) in [6.07, 6.45) is 0. The van der Waals surface area contributed by atoms with Gasteiger partial charge in [0.2, 0.25) is 0 Å². The highest BCUT2D eigenvalue weighted by atomic mass is 35.5. The second kappa shape index (κ2) is 5.43. The van der Waals surface area contributed by atoms with Crippen molar-refractivity contribution in [1.29, 1.82) is 5.26 Å². The third-order valence-electron chi connectivity index (χ3n) is 3.22. The van der Waals surface area contributed by atoms with E-state index < -0.39 is 0 Å². The van der Waals surface area contributed by atoms with Crippen molar-refractivity contribution in [2.75, 3.05) is 0 Å². The van der Waals surface area contributed by atoms with Crippen molar-refractivity contribution in [3.63, 3.8) is 0 Å². The number of rotatable bonds is 2. The van der Waals surface area contributed by atoms with Crippen molar-refractivity contribution in [3.05, 3.63) is 71.0 Å². The van der Waals surface area contributed by atoms with Gasteiger partial charge >= 0.3 is 0 Å². The van der Waals surface area contributed by atoms with Crippen LogP contribution in [0.2, 0.25) is 5.15 Å². The molecule has 102 valence electrons. The number of imidazole rings is 1. The minimum atomic E-state index is 0.233. The van der Waals surface area contributed by atoms with E-state index >= 15 is 0 Å². The summed E-state index contributed by atoms with van der Waals surface area (Å²) in [6.45, 7) is 2.02. The first-order valence-electron chi connectivity index (χ1n) is 6.51. The van der Waals surface area contributed by atoms with E-state index in [9.17, 15) is 5.26 Å². The second-order valence-electron chi connectivity index (χ2n) is 4.73. The molecular formula is C17H12ClN3. The quantitative estimate of drug-likeness (QED) is 0.704. The van der Waals surface area contributed by atoms with Gasteiger partial charge in [0, 0.05) is 11.3 Å². The fraction of sp³-hybridized carbons (Fsp3) is 0.0588. The lowest BCUT2D eigenvalue weighted by atomic mass is 10.2. The van der Waals surface area contributed by atoms with E-state index in [1.165, 1.54) is 0 Å². The summed E-state index contributed by atoms with van der Waals surface area (Å²) in [5.74, 6) is 0.669. The summed E-state index contributed by atoms with van der Waals surface area (Å²) in [6, 6.07) is 19.7. The Bertz CT molecular complexity index is 829. The lowest BCUT2D eigenvalue weighted by Crippen LogP contribution is -1.98. The van der Waals surface area contributed by atoms with E-state index in [-0.39, 0.29) is 5.69 Å². The van der Waals surface area contributed by atoms with Gasteiger partial charge in [-0.15, -0.1) is 0 Å². The van der Waals surface area contributed by atoms with Crippen LogP contribution in [0.1, 0.15) is 11.3 Å². The van der Waals surface area contributed by atoms with Crippen molar-refractivity contribution in [2.45, 2.75) is 6.92 Å². The van der Waals surface area contributed by atoms with Crippen molar-refractivity contribution >= 4 is 11.6 Å². The van der Waals surface area contributed by atoms with Crippen LogP contribution in [0, 0.1) is 18.3 Å². The Morgan fingerprint density at radius 1 is 1.10 bits per heavy atom. The largest absolute Gasteiger partial charge is 0.282 e. The molecule has 0 atom stereocenters. The first-order chi connectivity index (χ1) is 10.2. The van der Waals surface area contributed by atoms with Crippen LogP contribution >= 0.6 is 11.6 Å². The Labute approximate surface area is 128 Å². The van der Waals surface area contributed by atoms with Gasteiger partial charge in [-0.05, 0) is 24.6 Å². The van der Waals surface area contributed by atoms with E-state index in [1.807, 2.05) is 72.2 Å². The van der Waals surface area contributed by atoms with Crippen LogP contribution < -0.4 is 0 Å². The highest BCUT2D eigenvalue weighted by Gasteiger charge is 2.18. The minimum Gasteiger partial charge on any atom is -0.282 e. The molecule has 4 heteroatoms. The van der Waals surface area contributed by atoms with Gasteiger partial charge in [0.15, 0.2) is 10.8 Å². The first kappa shape index (κ1) is 13.4. The fourth-order valence-electron chi connectivity index (χ4n) is 2.26. The average molecular weight is 294 g/mol. The van der Waals surface area contributed by atoms with Crippen LogP contribution in [-0.2, 0) is 0 Å². The van der Waals surface area contributed by atoms with Gasteiger partial charge in [0.1, 0.15) is 11.9 Å². The van der Waals surface area contributed by atoms with Crippen LogP contribution in [-0.4, -0.2) is 9.55 Å². The summed E-state index contributed by atoms with van der Waals surface area (Å²) in [7, 11) is 0. The Kier molecular flexibility index (Phi) is 3.47. The summed E-state index contributed by atoms with van der Waals surface area (Å²) in [4.78, 5) is 4.37. The maximum absolute atomic E-state index is 9.19. The normalized spacial score (nSPS) is 10.3. The number of aromatic nitrogens is 2. The molecule has 2 aromatic carbocycles. The number of aryl methyl sites for hydroxylation is 1. The Morgan fingerprint density at radius 3 is 2.52 bits per heavy atom. The predicted octanol–water partition coefficient (Wildman–Crippen LogP) is 4.37. The van der Waals surface area contributed by atoms with Gasteiger partial charge in [0.25, 0.3) is 0 Å². The summed E-state index contributed by atoms with van der Waals surface area (Å²) >= 11 is 6.34. The lowest BCUT2D eigenvalue weighted by Gasteiger charge is -2.10. The van der Waals surface area contributed by atoms with Gasteiger partial charge in [-0.1, -0.05) is 54.1 Å². The van der Waals surface area contributed by atoms with E-state index in [0.717, 1.165) is 16.8 Å². The maximum atomic E-state index is 9.19. The first-order valence-corrected chi connectivity index (χ1v) is 6.89. The molecule has 0 unspecified atom stereocenters. The Balaban J connectivity index is 2.29. The highest BCUT2D eigenvalue weighted by Crippen LogP contribution is 2.29. The van der Waals surface area contributed by atoms with Gasteiger partial charge in [-0.25, -0.2) is 4.98 Å². The zero-order chi connectivity index (χ0) is 14.8. The van der Waals surface area contributed by atoms with Gasteiger partial charge in [0.05, 0.1) is 0 Å². The van der Waals surface area contributed by atoms with E-state index in [2.05, 4.69) is 4.98 Å². The smallest absolute Gasteiger partial charge is 0.178 e. The third kappa shape index (κ3) is 2.42. The molecule has 0 aliphatic rings. The molecule has 0 radical (unpaired) electrons. The standard InChI is InChI=1S/C17H12ClN3/c1-12-6-5-9-14(10-12)21-16(18)15(11-19)20-17(21)13-7-3-2-4-8-13/h2-10H,1H3. The van der Waals surface area contributed by atoms with Crippen molar-refractivity contribution in [3.8, 4) is 23.1 Å². The number of hydrogen-bond donors (Lipinski definition) is 0. The predicted molar refractivity (Wildman–Crippen MR) is 83.5 cm³/mol. The van der Waals surface area contributed by atoms with Crippen LogP contribution in [0.4, 0.5) is 0 Å². The molecular weight excluding hydrogens is 282 g/mol. The van der Waals surface area contributed by atoms with Gasteiger partial charge in [-0.2, -0.15) is 5.26 Å². The monoisotopic (exact) mass is 293 g/mol. The van der Waals surface area contributed by atoms with E-state index in [0.29, 0.717) is 11.0 Å². The Hall–Kier alpha value is -2.57. The Morgan fingerprint density at radius 2 is 1.86 bits per heavy atom. The number of benzene rings is 2. The van der Waals surface area contributed by atoms with E-state index in [1.54, 1.807) is 0 Å². The zero-order valence-electron chi connectivity index (χ0n) is 11.4. The summed E-state index contributed by atoms with van der Waals surface area (Å²) in [5.41, 5.74) is 3.17. The molecule has 0 N–H and O–H groups in total. The maximum Gasteiger partial charge on any atom is 0.178 e. The molecule has 3 aromatic rings. The van der Waals surface area contributed by atoms with E-state index in [4.69, 9.17) is 11.6 Å². The molecule has 0 bridgehead atoms. The van der Waals surface area contributed by atoms with Gasteiger partial charge < -0.3 is 0 Å². The SMILES string of the molecule is Cc1cccc(-n2c(-c3ccccc3)nc(C#N)c2Cl)c1. The molecule has 0 fully saturated rings. The van der Waals surface area contributed by atoms with Crippen LogP contribution in [0.15, 0.2) is 54.6 Å². The topological polar surface area (TPSA) is 41.6 Å². The lowest BCUT2D eigenvalue weighted by molar-refractivity contribution is 1.06. The molecule has 0 spiro atoms. The molecule has 1 heterocycles. The molecule has 0 saturated carbocycles. The van der Waals surface area contributed by atoms with Crippen molar-refractivity contribution in [1.82, 2.24) is 9.55 Å². The molecule has 3 nitrogen and oxygen atoms in total. The molecule has 0 amide bonds. The average Bonchev–Trinajstić information content (AvgIpc) is 2.85. The molecule has 0 saturated heterocycles. The zero-order valence-corrected chi connectivity index (χ0v) is 12.2. The summed E-state index contributed by atoms with van der Waals surface area (Å²) in [5, 5.41) is 9.53. The van der Waals surface area contributed by atoms with Crippen molar-refractivity contribution in [2.24, 2.45) is 0 Å². The second-order valence-corrected chi connectivity index (χ2v) is 5.09. The van der Waals surface area contributed by atoms with Gasteiger partial charge in [-0.3, -0.25) is 4.57 Å². The fourth-order valence-corrected chi connectivity index (χ4v) is 2.52. The number of nitrogens with zero attached hydrogens (tertiary/aromatic N) is 3. The number of nitriles is 1. The van der Waals surface area contributed by atoms with Crippen LogP contribution in [0.5, 0.6) is 0 Å². The summed E-state index contributed by atoms with van der Waals surface area (Å²) < 4.78 is 1.81. The number of halogens is 1. The van der Waals surface area contributed by atoms with Crippen LogP contribution in [0.3, 0.4) is 0 Å². The highest BCUT2D eigenvalue weighted by molar-refractivity contribution is 6.31. The molecule has 0 aliphatic heterocycles. The minimum absolute atomic E-state index is 0.233. The number of hydrogen-bond acceptors (Lipinski definition) is 2. The van der Waals surface area contributed by atoms with Crippen molar-refractivity contribution < 1.29 is 0 Å². The molecule has 3 rings (SSSR count). The molecule has 21 heavy (non-hydrogen) atoms.